The van der Waals surface area contributed by atoms with E-state index in [4.69, 9.17) is 28.3 Å². The molecule has 0 atom stereocenters. The van der Waals surface area contributed by atoms with Crippen LogP contribution in [0.15, 0.2) is 42.6 Å². The summed E-state index contributed by atoms with van der Waals surface area (Å²) in [6, 6.07) is 8.81. The van der Waals surface area contributed by atoms with E-state index in [0.29, 0.717) is 27.6 Å². The minimum Gasteiger partial charge on any atom is -0.478 e. The molecule has 1 aromatic carbocycles. The number of rotatable bonds is 6. The minimum atomic E-state index is -0.963. The molecule has 0 spiro atoms. The quantitative estimate of drug-likeness (QED) is 0.499. The van der Waals surface area contributed by atoms with Gasteiger partial charge in [-0.2, -0.15) is 0 Å². The van der Waals surface area contributed by atoms with Gasteiger partial charge in [-0.15, -0.1) is 5.10 Å². The van der Waals surface area contributed by atoms with Gasteiger partial charge in [0.1, 0.15) is 11.5 Å². The number of piperidine rings is 1. The van der Waals surface area contributed by atoms with Crippen molar-refractivity contribution in [2.75, 3.05) is 18.0 Å². The van der Waals surface area contributed by atoms with Gasteiger partial charge in [-0.1, -0.05) is 40.6 Å². The lowest BCUT2D eigenvalue weighted by atomic mass is 9.95. The molecule has 7 nitrogen and oxygen atoms in total. The lowest BCUT2D eigenvalue weighted by molar-refractivity contribution is 0.0696. The zero-order chi connectivity index (χ0) is 22.9. The molecular weight excluding hydrogens is 461 g/mol. The van der Waals surface area contributed by atoms with Crippen molar-refractivity contribution in [2.45, 2.75) is 31.6 Å². The molecule has 3 aromatic rings. The number of anilines is 1. The number of allylic oxidation sites excluding steroid dienone is 1. The van der Waals surface area contributed by atoms with Gasteiger partial charge in [0.05, 0.1) is 27.0 Å². The van der Waals surface area contributed by atoms with Gasteiger partial charge in [0.2, 0.25) is 0 Å². The van der Waals surface area contributed by atoms with Crippen molar-refractivity contribution in [1.29, 1.82) is 0 Å². The summed E-state index contributed by atoms with van der Waals surface area (Å²) in [5.74, 6) is 0.711. The summed E-state index contributed by atoms with van der Waals surface area (Å²) in [5.41, 5.74) is 2.81. The average molecular weight is 484 g/mol. The van der Waals surface area contributed by atoms with E-state index in [-0.39, 0.29) is 5.56 Å². The maximum Gasteiger partial charge on any atom is 0.337 e. The van der Waals surface area contributed by atoms with Crippen molar-refractivity contribution >= 4 is 41.1 Å². The molecule has 2 aliphatic rings. The van der Waals surface area contributed by atoms with Crippen molar-refractivity contribution in [3.05, 3.63) is 69.6 Å². The van der Waals surface area contributed by atoms with E-state index >= 15 is 0 Å². The number of aromatic carboxylic acids is 1. The second-order valence-corrected chi connectivity index (χ2v) is 9.32. The van der Waals surface area contributed by atoms with Gasteiger partial charge in [-0.3, -0.25) is 0 Å². The summed E-state index contributed by atoms with van der Waals surface area (Å²) in [7, 11) is 0. The molecule has 5 rings (SSSR count). The van der Waals surface area contributed by atoms with Gasteiger partial charge in [0.15, 0.2) is 0 Å². The highest BCUT2D eigenvalue weighted by Crippen LogP contribution is 2.42. The molecule has 3 heterocycles. The first-order valence-corrected chi connectivity index (χ1v) is 11.8. The van der Waals surface area contributed by atoms with E-state index in [2.05, 4.69) is 32.3 Å². The van der Waals surface area contributed by atoms with Crippen LogP contribution in [0.1, 0.15) is 53.3 Å². The molecule has 170 valence electrons. The fraction of sp³-hybridized carbons (Fsp3) is 0.333. The summed E-state index contributed by atoms with van der Waals surface area (Å²) in [6.07, 6.45) is 9.98. The number of halogens is 2. The van der Waals surface area contributed by atoms with E-state index in [0.717, 1.165) is 56.0 Å². The van der Waals surface area contributed by atoms with E-state index < -0.39 is 5.97 Å². The SMILES string of the molecule is O=C(O)c1ccc(N2CCC(C=Cc3c(C4CC4)nnn3-c3c(Cl)cccc3Cl)CC2)nc1. The largest absolute Gasteiger partial charge is 0.478 e. The topological polar surface area (TPSA) is 84.1 Å². The number of hydrogen-bond donors (Lipinski definition) is 1. The summed E-state index contributed by atoms with van der Waals surface area (Å²) >= 11 is 12.9. The molecule has 33 heavy (non-hydrogen) atoms. The molecular formula is C24H23Cl2N5O2. The molecule has 9 heteroatoms. The van der Waals surface area contributed by atoms with Crippen molar-refractivity contribution in [2.24, 2.45) is 5.92 Å². The Morgan fingerprint density at radius 1 is 1.06 bits per heavy atom. The highest BCUT2D eigenvalue weighted by atomic mass is 35.5. The van der Waals surface area contributed by atoms with Gasteiger partial charge < -0.3 is 10.0 Å². The monoisotopic (exact) mass is 483 g/mol. The number of carboxylic acid groups (broad SMARTS) is 1. The molecule has 0 radical (unpaired) electrons. The van der Waals surface area contributed by atoms with Crippen LogP contribution in [-0.4, -0.2) is 44.1 Å². The summed E-state index contributed by atoms with van der Waals surface area (Å²) in [6.45, 7) is 1.72. The Hall–Kier alpha value is -2.90. The third-order valence-corrected chi connectivity index (χ3v) is 6.84. The number of pyridine rings is 1. The van der Waals surface area contributed by atoms with Crippen LogP contribution in [0.5, 0.6) is 0 Å². The summed E-state index contributed by atoms with van der Waals surface area (Å²) in [4.78, 5) is 17.5. The molecule has 1 saturated carbocycles. The van der Waals surface area contributed by atoms with E-state index in [9.17, 15) is 4.79 Å². The first kappa shape index (κ1) is 21.9. The number of carboxylic acids is 1. The van der Waals surface area contributed by atoms with Crippen molar-refractivity contribution in [3.63, 3.8) is 0 Å². The highest BCUT2D eigenvalue weighted by molar-refractivity contribution is 6.37. The number of benzene rings is 1. The van der Waals surface area contributed by atoms with Crippen LogP contribution in [0.3, 0.4) is 0 Å². The third kappa shape index (κ3) is 4.61. The molecule has 2 aromatic heterocycles. The average Bonchev–Trinajstić information content (AvgIpc) is 3.58. The fourth-order valence-electron chi connectivity index (χ4n) is 4.21. The third-order valence-electron chi connectivity index (χ3n) is 6.23. The van der Waals surface area contributed by atoms with Crippen LogP contribution >= 0.6 is 23.2 Å². The number of nitrogens with zero attached hydrogens (tertiary/aromatic N) is 5. The lowest BCUT2D eigenvalue weighted by Crippen LogP contribution is -2.33. The van der Waals surface area contributed by atoms with Crippen LogP contribution in [0.2, 0.25) is 10.0 Å². The minimum absolute atomic E-state index is 0.201. The van der Waals surface area contributed by atoms with Crippen molar-refractivity contribution < 1.29 is 9.90 Å². The Morgan fingerprint density at radius 3 is 2.39 bits per heavy atom. The predicted molar refractivity (Wildman–Crippen MR) is 129 cm³/mol. The van der Waals surface area contributed by atoms with E-state index in [1.807, 2.05) is 18.2 Å². The maximum atomic E-state index is 11.0. The van der Waals surface area contributed by atoms with Crippen LogP contribution in [0.25, 0.3) is 11.8 Å². The van der Waals surface area contributed by atoms with Crippen LogP contribution in [-0.2, 0) is 0 Å². The van der Waals surface area contributed by atoms with Crippen LogP contribution in [0, 0.1) is 5.92 Å². The molecule has 1 aliphatic carbocycles. The summed E-state index contributed by atoms with van der Waals surface area (Å²) in [5, 5.41) is 19.0. The highest BCUT2D eigenvalue weighted by Gasteiger charge is 2.31. The van der Waals surface area contributed by atoms with Crippen molar-refractivity contribution in [3.8, 4) is 5.69 Å². The molecule has 0 unspecified atom stereocenters. The fourth-order valence-corrected chi connectivity index (χ4v) is 4.77. The molecule has 1 aliphatic heterocycles. The molecule has 0 bridgehead atoms. The Balaban J connectivity index is 1.32. The van der Waals surface area contributed by atoms with Crippen molar-refractivity contribution in [1.82, 2.24) is 20.0 Å². The molecule has 1 saturated heterocycles. The number of aromatic nitrogens is 4. The van der Waals surface area contributed by atoms with Gasteiger partial charge in [0.25, 0.3) is 0 Å². The predicted octanol–water partition coefficient (Wildman–Crippen LogP) is 5.47. The Kier molecular flexibility index (Phi) is 6.08. The zero-order valence-electron chi connectivity index (χ0n) is 17.9. The normalized spacial score (nSPS) is 17.1. The zero-order valence-corrected chi connectivity index (χ0v) is 19.4. The Bertz CT molecular complexity index is 1180. The molecule has 0 amide bonds. The Morgan fingerprint density at radius 2 is 1.79 bits per heavy atom. The molecule has 1 N–H and O–H groups in total. The number of para-hydroxylation sites is 1. The van der Waals surface area contributed by atoms with Gasteiger partial charge in [0, 0.05) is 25.2 Å². The second-order valence-electron chi connectivity index (χ2n) is 8.51. The molecule has 2 fully saturated rings. The number of carbonyl (C=O) groups is 1. The lowest BCUT2D eigenvalue weighted by Gasteiger charge is -2.31. The Labute approximate surface area is 201 Å². The van der Waals surface area contributed by atoms with Gasteiger partial charge >= 0.3 is 5.97 Å². The standard InChI is InChI=1S/C24H23Cl2N5O2/c25-18-2-1-3-19(26)23(18)31-20(22(28-29-31)16-5-6-16)8-4-15-10-12-30(13-11-15)21-9-7-17(14-27-21)24(32)33/h1-4,7-9,14-16H,5-6,10-13H2,(H,32,33). The number of hydrogen-bond acceptors (Lipinski definition) is 5. The smallest absolute Gasteiger partial charge is 0.337 e. The van der Waals surface area contributed by atoms with Gasteiger partial charge in [-0.25, -0.2) is 14.5 Å². The van der Waals surface area contributed by atoms with E-state index in [1.54, 1.807) is 16.8 Å². The second kappa shape index (κ2) is 9.15. The maximum absolute atomic E-state index is 11.0. The van der Waals surface area contributed by atoms with Crippen LogP contribution in [0.4, 0.5) is 5.82 Å². The first-order valence-electron chi connectivity index (χ1n) is 11.0. The summed E-state index contributed by atoms with van der Waals surface area (Å²) < 4.78 is 1.76. The van der Waals surface area contributed by atoms with E-state index in [1.165, 1.54) is 6.20 Å². The first-order chi connectivity index (χ1) is 16.0. The van der Waals surface area contributed by atoms with Gasteiger partial charge in [-0.05, 0) is 61.9 Å². The van der Waals surface area contributed by atoms with Crippen LogP contribution < -0.4 is 4.90 Å².